The van der Waals surface area contributed by atoms with Crippen LogP contribution in [0.1, 0.15) is 27.0 Å². The zero-order valence-electron chi connectivity index (χ0n) is 16.5. The zero-order chi connectivity index (χ0) is 21.7. The van der Waals surface area contributed by atoms with Gasteiger partial charge in [-0.3, -0.25) is 0 Å². The van der Waals surface area contributed by atoms with Crippen LogP contribution in [0.3, 0.4) is 0 Å². The van der Waals surface area contributed by atoms with Crippen LogP contribution in [0.25, 0.3) is 0 Å². The van der Waals surface area contributed by atoms with Crippen LogP contribution in [-0.4, -0.2) is 18.2 Å². The molecule has 0 aliphatic carbocycles. The Morgan fingerprint density at radius 2 is 1.83 bits per heavy atom. The van der Waals surface area contributed by atoms with Crippen molar-refractivity contribution in [2.45, 2.75) is 20.1 Å². The number of methoxy groups -OCH3 is 1. The van der Waals surface area contributed by atoms with Gasteiger partial charge in [0.15, 0.2) is 11.5 Å². The van der Waals surface area contributed by atoms with Crippen LogP contribution >= 0.6 is 23.2 Å². The number of aromatic carboxylic acids is 1. The third kappa shape index (κ3) is 5.17. The number of anilines is 1. The summed E-state index contributed by atoms with van der Waals surface area (Å²) >= 11 is 12.5. The molecule has 156 valence electrons. The lowest BCUT2D eigenvalue weighted by Gasteiger charge is -2.16. The first kappa shape index (κ1) is 21.8. The maximum Gasteiger partial charge on any atom is 0.336 e. The molecule has 3 aromatic rings. The normalized spacial score (nSPS) is 10.5. The molecule has 0 radical (unpaired) electrons. The Labute approximate surface area is 185 Å². The van der Waals surface area contributed by atoms with Crippen molar-refractivity contribution in [1.82, 2.24) is 0 Å². The SMILES string of the molecule is COc1cc(CNc2cccc(C(=O)O)c2C)cc(Cl)c1OCc1cccc(Cl)c1. The summed E-state index contributed by atoms with van der Waals surface area (Å²) in [5.41, 5.74) is 3.46. The van der Waals surface area contributed by atoms with Gasteiger partial charge >= 0.3 is 5.97 Å². The number of halogens is 2. The number of rotatable bonds is 8. The van der Waals surface area contributed by atoms with Crippen molar-refractivity contribution in [1.29, 1.82) is 0 Å². The molecule has 7 heteroatoms. The molecule has 2 N–H and O–H groups in total. The Morgan fingerprint density at radius 3 is 2.53 bits per heavy atom. The second-order valence-corrected chi connectivity index (χ2v) is 7.51. The molecule has 3 aromatic carbocycles. The van der Waals surface area contributed by atoms with Gasteiger partial charge in [0.25, 0.3) is 0 Å². The third-order valence-electron chi connectivity index (χ3n) is 4.61. The maximum atomic E-state index is 11.3. The van der Waals surface area contributed by atoms with Gasteiger partial charge in [0, 0.05) is 17.3 Å². The van der Waals surface area contributed by atoms with Crippen molar-refractivity contribution in [3.63, 3.8) is 0 Å². The minimum absolute atomic E-state index is 0.264. The van der Waals surface area contributed by atoms with E-state index < -0.39 is 5.97 Å². The van der Waals surface area contributed by atoms with Crippen molar-refractivity contribution < 1.29 is 19.4 Å². The molecule has 0 aliphatic heterocycles. The van der Waals surface area contributed by atoms with E-state index in [-0.39, 0.29) is 5.56 Å². The van der Waals surface area contributed by atoms with Crippen LogP contribution < -0.4 is 14.8 Å². The molecule has 0 saturated heterocycles. The molecule has 0 atom stereocenters. The summed E-state index contributed by atoms with van der Waals surface area (Å²) in [6.07, 6.45) is 0. The second kappa shape index (κ2) is 9.74. The number of ether oxygens (including phenoxy) is 2. The van der Waals surface area contributed by atoms with E-state index in [1.54, 1.807) is 38.3 Å². The third-order valence-corrected chi connectivity index (χ3v) is 5.12. The van der Waals surface area contributed by atoms with E-state index in [2.05, 4.69) is 5.32 Å². The van der Waals surface area contributed by atoms with E-state index in [1.807, 2.05) is 30.3 Å². The summed E-state index contributed by atoms with van der Waals surface area (Å²) in [5.74, 6) is 0.00588. The minimum atomic E-state index is -0.956. The topological polar surface area (TPSA) is 67.8 Å². The molecule has 0 aromatic heterocycles. The lowest BCUT2D eigenvalue weighted by molar-refractivity contribution is 0.0696. The van der Waals surface area contributed by atoms with Gasteiger partial charge in [0.2, 0.25) is 0 Å². The average Bonchev–Trinajstić information content (AvgIpc) is 2.71. The Morgan fingerprint density at radius 1 is 1.07 bits per heavy atom. The van der Waals surface area contributed by atoms with Gasteiger partial charge in [0.05, 0.1) is 17.7 Å². The first-order valence-electron chi connectivity index (χ1n) is 9.19. The summed E-state index contributed by atoms with van der Waals surface area (Å²) < 4.78 is 11.3. The molecule has 0 bridgehead atoms. The van der Waals surface area contributed by atoms with Crippen molar-refractivity contribution in [2.75, 3.05) is 12.4 Å². The van der Waals surface area contributed by atoms with E-state index >= 15 is 0 Å². The monoisotopic (exact) mass is 445 g/mol. The summed E-state index contributed by atoms with van der Waals surface area (Å²) in [6.45, 7) is 2.51. The Hall–Kier alpha value is -2.89. The lowest BCUT2D eigenvalue weighted by Crippen LogP contribution is -2.06. The predicted octanol–water partition coefficient (Wildman–Crippen LogP) is 6.20. The zero-order valence-corrected chi connectivity index (χ0v) is 18.1. The Balaban J connectivity index is 1.75. The Kier molecular flexibility index (Phi) is 7.08. The highest BCUT2D eigenvalue weighted by molar-refractivity contribution is 6.32. The van der Waals surface area contributed by atoms with Crippen LogP contribution in [-0.2, 0) is 13.2 Å². The summed E-state index contributed by atoms with van der Waals surface area (Å²) in [6, 6.07) is 16.1. The summed E-state index contributed by atoms with van der Waals surface area (Å²) in [4.78, 5) is 11.3. The van der Waals surface area contributed by atoms with Crippen LogP contribution in [0.5, 0.6) is 11.5 Å². The largest absolute Gasteiger partial charge is 0.493 e. The molecule has 0 fully saturated rings. The van der Waals surface area contributed by atoms with E-state index in [4.69, 9.17) is 32.7 Å². The van der Waals surface area contributed by atoms with E-state index in [9.17, 15) is 9.90 Å². The highest BCUT2D eigenvalue weighted by Gasteiger charge is 2.14. The fraction of sp³-hybridized carbons (Fsp3) is 0.174. The number of nitrogens with one attached hydrogen (secondary N) is 1. The molecule has 0 spiro atoms. The fourth-order valence-electron chi connectivity index (χ4n) is 3.05. The van der Waals surface area contributed by atoms with Gasteiger partial charge in [-0.15, -0.1) is 0 Å². The van der Waals surface area contributed by atoms with E-state index in [0.717, 1.165) is 16.8 Å². The highest BCUT2D eigenvalue weighted by atomic mass is 35.5. The Bertz CT molecular complexity index is 1070. The van der Waals surface area contributed by atoms with Gasteiger partial charge in [-0.2, -0.15) is 0 Å². The van der Waals surface area contributed by atoms with Crippen molar-refractivity contribution in [3.8, 4) is 11.5 Å². The average molecular weight is 446 g/mol. The smallest absolute Gasteiger partial charge is 0.336 e. The summed E-state index contributed by atoms with van der Waals surface area (Å²) in [7, 11) is 1.55. The van der Waals surface area contributed by atoms with Crippen LogP contribution in [0.15, 0.2) is 54.6 Å². The van der Waals surface area contributed by atoms with Gasteiger partial charge in [0.1, 0.15) is 6.61 Å². The molecule has 0 unspecified atom stereocenters. The van der Waals surface area contributed by atoms with E-state index in [0.29, 0.717) is 40.3 Å². The number of hydrogen-bond donors (Lipinski definition) is 2. The predicted molar refractivity (Wildman–Crippen MR) is 119 cm³/mol. The molecule has 30 heavy (non-hydrogen) atoms. The summed E-state index contributed by atoms with van der Waals surface area (Å²) in [5, 5.41) is 13.6. The van der Waals surface area contributed by atoms with Crippen LogP contribution in [0.2, 0.25) is 10.0 Å². The standard InChI is InChI=1S/C23H21Cl2NO4/c1-14-18(23(27)28)7-4-8-20(14)26-12-16-10-19(25)22(21(11-16)29-2)30-13-15-5-3-6-17(24)9-15/h3-11,26H,12-13H2,1-2H3,(H,27,28). The second-order valence-electron chi connectivity index (χ2n) is 6.66. The molecule has 0 heterocycles. The molecule has 0 saturated carbocycles. The molecule has 5 nitrogen and oxygen atoms in total. The minimum Gasteiger partial charge on any atom is -0.493 e. The van der Waals surface area contributed by atoms with Crippen molar-refractivity contribution >= 4 is 34.9 Å². The number of benzene rings is 3. The molecule has 3 rings (SSSR count). The van der Waals surface area contributed by atoms with Gasteiger partial charge < -0.3 is 19.9 Å². The molecular weight excluding hydrogens is 425 g/mol. The van der Waals surface area contributed by atoms with Crippen LogP contribution in [0.4, 0.5) is 5.69 Å². The van der Waals surface area contributed by atoms with Crippen molar-refractivity contribution in [2.24, 2.45) is 0 Å². The fourth-order valence-corrected chi connectivity index (χ4v) is 3.55. The molecule has 0 amide bonds. The highest BCUT2D eigenvalue weighted by Crippen LogP contribution is 2.37. The number of carboxylic acid groups (broad SMARTS) is 1. The number of carbonyl (C=O) groups is 1. The maximum absolute atomic E-state index is 11.3. The molecular formula is C23H21Cl2NO4. The quantitative estimate of drug-likeness (QED) is 0.431. The van der Waals surface area contributed by atoms with E-state index in [1.165, 1.54) is 0 Å². The van der Waals surface area contributed by atoms with Crippen molar-refractivity contribution in [3.05, 3.63) is 86.9 Å². The molecule has 0 aliphatic rings. The number of carboxylic acids is 1. The first-order chi connectivity index (χ1) is 14.4. The first-order valence-corrected chi connectivity index (χ1v) is 9.95. The lowest BCUT2D eigenvalue weighted by atomic mass is 10.1. The number of hydrogen-bond acceptors (Lipinski definition) is 4. The van der Waals surface area contributed by atoms with Gasteiger partial charge in [-0.1, -0.05) is 41.4 Å². The van der Waals surface area contributed by atoms with Crippen LogP contribution in [0, 0.1) is 6.92 Å². The van der Waals surface area contributed by atoms with Gasteiger partial charge in [-0.25, -0.2) is 4.79 Å². The van der Waals surface area contributed by atoms with Gasteiger partial charge in [-0.05, 0) is 60.0 Å².